The minimum absolute atomic E-state index is 0.000119. The molecule has 1 unspecified atom stereocenters. The molecule has 1 saturated heterocycles. The molecule has 0 radical (unpaired) electrons. The Morgan fingerprint density at radius 1 is 1.61 bits per heavy atom. The number of hydrogen-bond acceptors (Lipinski definition) is 3. The van der Waals surface area contributed by atoms with Gasteiger partial charge in [-0.25, -0.2) is 0 Å². The fourth-order valence-electron chi connectivity index (χ4n) is 2.40. The Kier molecular flexibility index (Phi) is 4.24. The van der Waals surface area contributed by atoms with Crippen LogP contribution in [0.4, 0.5) is 5.69 Å². The van der Waals surface area contributed by atoms with Crippen molar-refractivity contribution < 1.29 is 4.79 Å². The van der Waals surface area contributed by atoms with Gasteiger partial charge >= 0.3 is 0 Å². The van der Waals surface area contributed by atoms with Crippen LogP contribution in [0.3, 0.4) is 0 Å². The number of nitrogen functional groups attached to an aromatic ring is 1. The summed E-state index contributed by atoms with van der Waals surface area (Å²) in [6.45, 7) is 1.74. The summed E-state index contributed by atoms with van der Waals surface area (Å²) in [6.07, 6.45) is 2.01. The number of nitrogens with zero attached hydrogens (tertiary/aromatic N) is 1. The summed E-state index contributed by atoms with van der Waals surface area (Å²) >= 11 is 3.39. The van der Waals surface area contributed by atoms with E-state index in [1.165, 1.54) is 0 Å². The molecule has 2 rings (SSSR count). The number of amides is 1. The van der Waals surface area contributed by atoms with Crippen molar-refractivity contribution in [1.29, 1.82) is 0 Å². The predicted octanol–water partition coefficient (Wildman–Crippen LogP) is 1.74. The summed E-state index contributed by atoms with van der Waals surface area (Å²) in [4.78, 5) is 14.0. The van der Waals surface area contributed by atoms with E-state index in [0.29, 0.717) is 0 Å². The van der Waals surface area contributed by atoms with Crippen molar-refractivity contribution in [2.24, 2.45) is 0 Å². The smallest absolute Gasteiger partial charge is 0.237 e. The molecular formula is C13H18BrN3O. The standard InChI is InChI=1S/C13H18BrN3O/c1-16-13(18)12-3-2-6-17(12)8-9-4-5-10(14)11(15)7-9/h4-5,7,12H,2-3,6,8,15H2,1H3,(H,16,18). The molecule has 4 nitrogen and oxygen atoms in total. The Balaban J connectivity index is 2.08. The molecule has 1 heterocycles. The molecule has 0 aromatic heterocycles. The maximum Gasteiger partial charge on any atom is 0.237 e. The lowest BCUT2D eigenvalue weighted by atomic mass is 10.1. The first kappa shape index (κ1) is 13.4. The van der Waals surface area contributed by atoms with E-state index in [9.17, 15) is 4.79 Å². The van der Waals surface area contributed by atoms with Crippen LogP contribution in [-0.4, -0.2) is 30.4 Å². The zero-order chi connectivity index (χ0) is 13.1. The second kappa shape index (κ2) is 5.71. The highest BCUT2D eigenvalue weighted by atomic mass is 79.9. The SMILES string of the molecule is CNC(=O)C1CCCN1Cc1ccc(Br)c(N)c1. The average molecular weight is 312 g/mol. The lowest BCUT2D eigenvalue weighted by Gasteiger charge is -2.23. The van der Waals surface area contributed by atoms with E-state index < -0.39 is 0 Å². The Morgan fingerprint density at radius 2 is 2.39 bits per heavy atom. The normalized spacial score (nSPS) is 20.0. The molecule has 1 aromatic carbocycles. The second-order valence-electron chi connectivity index (χ2n) is 4.60. The zero-order valence-electron chi connectivity index (χ0n) is 10.4. The summed E-state index contributed by atoms with van der Waals surface area (Å²) in [7, 11) is 1.69. The Hall–Kier alpha value is -1.07. The highest BCUT2D eigenvalue weighted by molar-refractivity contribution is 9.10. The summed E-state index contributed by atoms with van der Waals surface area (Å²) in [5.74, 6) is 0.109. The molecule has 1 atom stereocenters. The number of nitrogens with one attached hydrogen (secondary N) is 1. The van der Waals surface area contributed by atoms with E-state index in [2.05, 4.69) is 26.1 Å². The number of likely N-dealkylation sites (N-methyl/N-ethyl adjacent to an activating group) is 1. The molecule has 1 fully saturated rings. The second-order valence-corrected chi connectivity index (χ2v) is 5.45. The zero-order valence-corrected chi connectivity index (χ0v) is 12.0. The number of carbonyl (C=O) groups is 1. The first-order valence-corrected chi connectivity index (χ1v) is 6.90. The van der Waals surface area contributed by atoms with Crippen molar-refractivity contribution in [1.82, 2.24) is 10.2 Å². The van der Waals surface area contributed by atoms with E-state index in [1.54, 1.807) is 7.05 Å². The minimum atomic E-state index is -0.000119. The maximum atomic E-state index is 11.8. The molecule has 1 aliphatic heterocycles. The first-order chi connectivity index (χ1) is 8.61. The lowest BCUT2D eigenvalue weighted by molar-refractivity contribution is -0.125. The average Bonchev–Trinajstić information content (AvgIpc) is 2.81. The summed E-state index contributed by atoms with van der Waals surface area (Å²) in [5.41, 5.74) is 7.75. The van der Waals surface area contributed by atoms with Crippen molar-refractivity contribution in [2.45, 2.75) is 25.4 Å². The quantitative estimate of drug-likeness (QED) is 0.836. The number of benzene rings is 1. The van der Waals surface area contributed by atoms with Crippen molar-refractivity contribution in [3.05, 3.63) is 28.2 Å². The van der Waals surface area contributed by atoms with Crippen LogP contribution in [-0.2, 0) is 11.3 Å². The third kappa shape index (κ3) is 2.84. The highest BCUT2D eigenvalue weighted by Gasteiger charge is 2.29. The van der Waals surface area contributed by atoms with Gasteiger partial charge in [0, 0.05) is 23.8 Å². The number of likely N-dealkylation sites (tertiary alicyclic amines) is 1. The van der Waals surface area contributed by atoms with E-state index in [0.717, 1.165) is 41.7 Å². The molecule has 3 N–H and O–H groups in total. The number of anilines is 1. The number of carbonyl (C=O) groups excluding carboxylic acids is 1. The molecule has 98 valence electrons. The Labute approximate surface area is 116 Å². The van der Waals surface area contributed by atoms with E-state index in [-0.39, 0.29) is 11.9 Å². The summed E-state index contributed by atoms with van der Waals surface area (Å²) in [5, 5.41) is 2.73. The van der Waals surface area contributed by atoms with Gasteiger partial charge in [0.25, 0.3) is 0 Å². The van der Waals surface area contributed by atoms with Gasteiger partial charge < -0.3 is 11.1 Å². The van der Waals surface area contributed by atoms with Crippen molar-refractivity contribution in [3.63, 3.8) is 0 Å². The van der Waals surface area contributed by atoms with Crippen molar-refractivity contribution in [3.8, 4) is 0 Å². The fraction of sp³-hybridized carbons (Fsp3) is 0.462. The van der Waals surface area contributed by atoms with Gasteiger partial charge in [-0.15, -0.1) is 0 Å². The van der Waals surface area contributed by atoms with Crippen LogP contribution in [0.25, 0.3) is 0 Å². The van der Waals surface area contributed by atoms with Gasteiger partial charge in [-0.3, -0.25) is 9.69 Å². The molecule has 0 aliphatic carbocycles. The minimum Gasteiger partial charge on any atom is -0.398 e. The number of hydrogen-bond donors (Lipinski definition) is 2. The van der Waals surface area contributed by atoms with E-state index in [4.69, 9.17) is 5.73 Å². The summed E-state index contributed by atoms with van der Waals surface area (Å²) < 4.78 is 0.913. The molecule has 1 aromatic rings. The Bertz CT molecular complexity index is 450. The van der Waals surface area contributed by atoms with Crippen molar-refractivity contribution in [2.75, 3.05) is 19.3 Å². The van der Waals surface area contributed by atoms with Gasteiger partial charge in [0.05, 0.1) is 6.04 Å². The predicted molar refractivity (Wildman–Crippen MR) is 76.1 cm³/mol. The van der Waals surface area contributed by atoms with Crippen LogP contribution in [0.5, 0.6) is 0 Å². The largest absolute Gasteiger partial charge is 0.398 e. The van der Waals surface area contributed by atoms with E-state index in [1.807, 2.05) is 18.2 Å². The fourth-order valence-corrected chi connectivity index (χ4v) is 2.65. The van der Waals surface area contributed by atoms with Gasteiger partial charge in [-0.2, -0.15) is 0 Å². The van der Waals surface area contributed by atoms with Gasteiger partial charge in [0.1, 0.15) is 0 Å². The molecule has 1 amide bonds. The molecule has 0 bridgehead atoms. The van der Waals surface area contributed by atoms with E-state index >= 15 is 0 Å². The molecule has 0 spiro atoms. The van der Waals surface area contributed by atoms with Crippen molar-refractivity contribution >= 4 is 27.5 Å². The number of nitrogens with two attached hydrogens (primary N) is 1. The summed E-state index contributed by atoms with van der Waals surface area (Å²) in [6, 6.07) is 5.96. The van der Waals surface area contributed by atoms with Crippen LogP contribution in [0.1, 0.15) is 18.4 Å². The third-order valence-corrected chi connectivity index (χ3v) is 4.08. The van der Waals surface area contributed by atoms with Crippen LogP contribution in [0.2, 0.25) is 0 Å². The van der Waals surface area contributed by atoms with Gasteiger partial charge in [0.2, 0.25) is 5.91 Å². The van der Waals surface area contributed by atoms with Gasteiger partial charge in [-0.05, 0) is 53.0 Å². The monoisotopic (exact) mass is 311 g/mol. The highest BCUT2D eigenvalue weighted by Crippen LogP contribution is 2.24. The number of rotatable bonds is 3. The van der Waals surface area contributed by atoms with Crippen LogP contribution >= 0.6 is 15.9 Å². The molecule has 1 aliphatic rings. The maximum absolute atomic E-state index is 11.8. The topological polar surface area (TPSA) is 58.4 Å². The van der Waals surface area contributed by atoms with Gasteiger partial charge in [0.15, 0.2) is 0 Å². The molecule has 5 heteroatoms. The number of halogens is 1. The van der Waals surface area contributed by atoms with Crippen LogP contribution in [0, 0.1) is 0 Å². The third-order valence-electron chi connectivity index (χ3n) is 3.36. The molecule has 18 heavy (non-hydrogen) atoms. The Morgan fingerprint density at radius 3 is 3.06 bits per heavy atom. The molecule has 0 saturated carbocycles. The lowest BCUT2D eigenvalue weighted by Crippen LogP contribution is -2.41. The molecular weight excluding hydrogens is 294 g/mol. The van der Waals surface area contributed by atoms with Gasteiger partial charge in [-0.1, -0.05) is 6.07 Å². The first-order valence-electron chi connectivity index (χ1n) is 6.11. The van der Waals surface area contributed by atoms with Crippen LogP contribution in [0.15, 0.2) is 22.7 Å². The van der Waals surface area contributed by atoms with Crippen LogP contribution < -0.4 is 11.1 Å².